The normalized spacial score (nSPS) is 10.3. The molecular weight excluding hydrogens is 398 g/mol. The van der Waals surface area contributed by atoms with Crippen LogP contribution in [0.25, 0.3) is 0 Å². The van der Waals surface area contributed by atoms with Crippen LogP contribution < -0.4 is 15.9 Å². The Bertz CT molecular complexity index is 656. The third-order valence-electron chi connectivity index (χ3n) is 3.64. The molecule has 0 aliphatic rings. The highest BCUT2D eigenvalue weighted by atomic mass is 127. The topological polar surface area (TPSA) is 0 Å². The first-order chi connectivity index (χ1) is 10.4. The summed E-state index contributed by atoms with van der Waals surface area (Å²) in [6.07, 6.45) is 1.08. The van der Waals surface area contributed by atoms with Gasteiger partial charge in [0.25, 0.3) is 0 Å². The molecule has 0 unspecified atom stereocenters. The van der Waals surface area contributed by atoms with Crippen molar-refractivity contribution in [1.82, 2.24) is 0 Å². The molecule has 0 saturated carbocycles. The van der Waals surface area contributed by atoms with Gasteiger partial charge in [-0.3, -0.25) is 0 Å². The van der Waals surface area contributed by atoms with Gasteiger partial charge in [-0.15, -0.1) is 24.0 Å². The number of benzene rings is 3. The number of rotatable bonds is 4. The number of halogens is 1. The minimum Gasteiger partial charge on any atom is -0.107 e. The van der Waals surface area contributed by atoms with Crippen LogP contribution in [0.3, 0.4) is 0 Å². The van der Waals surface area contributed by atoms with E-state index >= 15 is 0 Å². The van der Waals surface area contributed by atoms with Gasteiger partial charge in [0.05, 0.1) is 0 Å². The molecule has 0 bridgehead atoms. The molecular formula is C20H20IP. The summed E-state index contributed by atoms with van der Waals surface area (Å²) in [5.41, 5.74) is 1.45. The standard InChI is InChI=1S/C20H19P.HI/c1-2-17-11-9-10-16-20(17)21(18-12-5-3-6-13-18)19-14-7-4-8-15-19;/h3-16H,2H2,1H3;1H. The molecule has 0 spiro atoms. The summed E-state index contributed by atoms with van der Waals surface area (Å²) in [5, 5.41) is 4.31. The summed E-state index contributed by atoms with van der Waals surface area (Å²) in [5.74, 6) is 0. The minimum absolute atomic E-state index is 0. The van der Waals surface area contributed by atoms with E-state index in [1.807, 2.05) is 0 Å². The maximum absolute atomic E-state index is 2.30. The Morgan fingerprint density at radius 3 is 1.59 bits per heavy atom. The Hall–Kier alpha value is -1.18. The first-order valence-electron chi connectivity index (χ1n) is 7.38. The third-order valence-corrected chi connectivity index (χ3v) is 6.19. The fourth-order valence-electron chi connectivity index (χ4n) is 2.61. The fourth-order valence-corrected chi connectivity index (χ4v) is 5.16. The third kappa shape index (κ3) is 3.77. The van der Waals surface area contributed by atoms with Crippen molar-refractivity contribution in [2.75, 3.05) is 0 Å². The predicted octanol–water partition coefficient (Wildman–Crippen LogP) is 4.63. The van der Waals surface area contributed by atoms with Crippen molar-refractivity contribution in [2.45, 2.75) is 13.3 Å². The number of hydrogen-bond donors (Lipinski definition) is 0. The molecule has 0 amide bonds. The maximum Gasteiger partial charge on any atom is -0.0119 e. The summed E-state index contributed by atoms with van der Waals surface area (Å²) < 4.78 is 0. The summed E-state index contributed by atoms with van der Waals surface area (Å²) >= 11 is 0. The molecule has 22 heavy (non-hydrogen) atoms. The molecule has 0 heterocycles. The van der Waals surface area contributed by atoms with Crippen molar-refractivity contribution in [3.05, 3.63) is 90.5 Å². The van der Waals surface area contributed by atoms with Gasteiger partial charge in [0.1, 0.15) is 0 Å². The van der Waals surface area contributed by atoms with E-state index < -0.39 is 7.92 Å². The molecule has 0 saturated heterocycles. The summed E-state index contributed by atoms with van der Waals surface area (Å²) in [7, 11) is -0.473. The van der Waals surface area contributed by atoms with E-state index in [-0.39, 0.29) is 24.0 Å². The fraction of sp³-hybridized carbons (Fsp3) is 0.100. The zero-order chi connectivity index (χ0) is 14.5. The van der Waals surface area contributed by atoms with Crippen LogP contribution in [0, 0.1) is 0 Å². The lowest BCUT2D eigenvalue weighted by atomic mass is 10.2. The van der Waals surface area contributed by atoms with Gasteiger partial charge in [0.15, 0.2) is 0 Å². The molecule has 0 nitrogen and oxygen atoms in total. The Labute approximate surface area is 151 Å². The highest BCUT2D eigenvalue weighted by molar-refractivity contribution is 14.0. The second-order valence-electron chi connectivity index (χ2n) is 4.99. The molecule has 0 fully saturated rings. The molecule has 2 heteroatoms. The van der Waals surface area contributed by atoms with E-state index in [2.05, 4.69) is 91.9 Å². The molecule has 3 rings (SSSR count). The maximum atomic E-state index is 2.30. The second-order valence-corrected chi connectivity index (χ2v) is 7.17. The van der Waals surface area contributed by atoms with Crippen molar-refractivity contribution in [3.8, 4) is 0 Å². The Morgan fingerprint density at radius 2 is 1.09 bits per heavy atom. The van der Waals surface area contributed by atoms with Gasteiger partial charge in [-0.1, -0.05) is 91.9 Å². The van der Waals surface area contributed by atoms with Gasteiger partial charge in [-0.05, 0) is 35.8 Å². The Morgan fingerprint density at radius 1 is 0.636 bits per heavy atom. The molecule has 0 radical (unpaired) electrons. The smallest absolute Gasteiger partial charge is 0.0119 e. The SMILES string of the molecule is CCc1ccccc1P(c1ccccc1)c1ccccc1.I. The van der Waals surface area contributed by atoms with Gasteiger partial charge in [-0.2, -0.15) is 0 Å². The van der Waals surface area contributed by atoms with Crippen molar-refractivity contribution in [1.29, 1.82) is 0 Å². The van der Waals surface area contributed by atoms with Crippen molar-refractivity contribution < 1.29 is 0 Å². The lowest BCUT2D eigenvalue weighted by molar-refractivity contribution is 1.15. The minimum atomic E-state index is -0.473. The molecule has 0 aromatic heterocycles. The quantitative estimate of drug-likeness (QED) is 0.429. The van der Waals surface area contributed by atoms with Crippen LogP contribution in [0.4, 0.5) is 0 Å². The van der Waals surface area contributed by atoms with Crippen LogP contribution in [0.15, 0.2) is 84.9 Å². The second kappa shape index (κ2) is 8.45. The molecule has 3 aromatic carbocycles. The van der Waals surface area contributed by atoms with E-state index in [1.54, 1.807) is 0 Å². The van der Waals surface area contributed by atoms with E-state index in [9.17, 15) is 0 Å². The van der Waals surface area contributed by atoms with Crippen LogP contribution >= 0.6 is 31.9 Å². The van der Waals surface area contributed by atoms with E-state index in [0.717, 1.165) is 6.42 Å². The van der Waals surface area contributed by atoms with Crippen LogP contribution in [0.5, 0.6) is 0 Å². The van der Waals surface area contributed by atoms with Gasteiger partial charge in [0, 0.05) is 0 Å². The largest absolute Gasteiger partial charge is 0.107 e. The van der Waals surface area contributed by atoms with E-state index in [0.29, 0.717) is 0 Å². The highest BCUT2D eigenvalue weighted by Gasteiger charge is 2.18. The number of aryl methyl sites for hydroxylation is 1. The van der Waals surface area contributed by atoms with Crippen molar-refractivity contribution in [2.24, 2.45) is 0 Å². The zero-order valence-electron chi connectivity index (χ0n) is 12.6. The van der Waals surface area contributed by atoms with Crippen LogP contribution in [0.2, 0.25) is 0 Å². The predicted molar refractivity (Wildman–Crippen MR) is 110 cm³/mol. The molecule has 3 aromatic rings. The molecule has 0 aliphatic carbocycles. The van der Waals surface area contributed by atoms with Gasteiger partial charge in [-0.25, -0.2) is 0 Å². The molecule has 0 aliphatic heterocycles. The van der Waals surface area contributed by atoms with Gasteiger partial charge >= 0.3 is 0 Å². The monoisotopic (exact) mass is 418 g/mol. The van der Waals surface area contributed by atoms with Crippen molar-refractivity contribution in [3.63, 3.8) is 0 Å². The van der Waals surface area contributed by atoms with Gasteiger partial charge in [0.2, 0.25) is 0 Å². The first kappa shape index (κ1) is 17.2. The summed E-state index contributed by atoms with van der Waals surface area (Å²) in [6, 6.07) is 30.6. The van der Waals surface area contributed by atoms with E-state index in [4.69, 9.17) is 0 Å². The Balaban J connectivity index is 0.00000176. The van der Waals surface area contributed by atoms with Crippen LogP contribution in [-0.4, -0.2) is 0 Å². The zero-order valence-corrected chi connectivity index (χ0v) is 15.9. The summed E-state index contributed by atoms with van der Waals surface area (Å²) in [6.45, 7) is 2.24. The first-order valence-corrected chi connectivity index (χ1v) is 8.72. The van der Waals surface area contributed by atoms with E-state index in [1.165, 1.54) is 21.5 Å². The molecule has 0 N–H and O–H groups in total. The van der Waals surface area contributed by atoms with Crippen LogP contribution in [0.1, 0.15) is 12.5 Å². The van der Waals surface area contributed by atoms with Crippen LogP contribution in [-0.2, 0) is 6.42 Å². The van der Waals surface area contributed by atoms with Crippen molar-refractivity contribution >= 4 is 47.8 Å². The summed E-state index contributed by atoms with van der Waals surface area (Å²) in [4.78, 5) is 0. The lowest BCUT2D eigenvalue weighted by Crippen LogP contribution is -2.22. The van der Waals surface area contributed by atoms with Gasteiger partial charge < -0.3 is 0 Å². The molecule has 112 valence electrons. The number of hydrogen-bond acceptors (Lipinski definition) is 0. The lowest BCUT2D eigenvalue weighted by Gasteiger charge is -2.21. The Kier molecular flexibility index (Phi) is 6.60. The average Bonchev–Trinajstić information content (AvgIpc) is 2.58. The average molecular weight is 418 g/mol. The molecule has 0 atom stereocenters. The highest BCUT2D eigenvalue weighted by Crippen LogP contribution is 2.33.